The number of ether oxygens (including phenoxy) is 1. The summed E-state index contributed by atoms with van der Waals surface area (Å²) in [5, 5.41) is 3.14. The Bertz CT molecular complexity index is 1060. The van der Waals surface area contributed by atoms with Gasteiger partial charge in [0, 0.05) is 25.7 Å². The van der Waals surface area contributed by atoms with E-state index in [1.807, 2.05) is 4.90 Å². The fourth-order valence-corrected chi connectivity index (χ4v) is 4.19. The third-order valence-corrected chi connectivity index (χ3v) is 5.94. The van der Waals surface area contributed by atoms with Crippen molar-refractivity contribution in [1.82, 2.24) is 19.8 Å². The monoisotopic (exact) mass is 417 g/mol. The van der Waals surface area contributed by atoms with Crippen molar-refractivity contribution < 1.29 is 18.3 Å². The molecule has 3 aliphatic heterocycles. The van der Waals surface area contributed by atoms with Gasteiger partial charge in [0.15, 0.2) is 11.6 Å². The molecule has 30 heavy (non-hydrogen) atoms. The van der Waals surface area contributed by atoms with Gasteiger partial charge in [-0.25, -0.2) is 13.6 Å². The van der Waals surface area contributed by atoms with Gasteiger partial charge in [-0.15, -0.1) is 0 Å². The quantitative estimate of drug-likeness (QED) is 0.780. The molecule has 1 unspecified atom stereocenters. The summed E-state index contributed by atoms with van der Waals surface area (Å²) in [5.74, 6) is -0.921. The summed E-state index contributed by atoms with van der Waals surface area (Å²) in [5.41, 5.74) is 0.00614. The standard InChI is InChI=1S/C20H21F2N5O3/c21-14-2-1-12(7-15(14)22)11-30-17-8-18-26-6-5-25(19(28)16-3-4-23-16)9-13(26)10-27(18)20(29)24-17/h1-2,7-8,13,16,23H,3-6,9-11H2/t13?,16-/m0/s1. The molecule has 1 N–H and O–H groups in total. The summed E-state index contributed by atoms with van der Waals surface area (Å²) in [6.45, 7) is 3.08. The maximum absolute atomic E-state index is 13.4. The molecule has 10 heteroatoms. The van der Waals surface area contributed by atoms with Crippen molar-refractivity contribution in [2.75, 3.05) is 31.1 Å². The van der Waals surface area contributed by atoms with Crippen LogP contribution in [-0.2, 0) is 17.9 Å². The number of rotatable bonds is 4. The highest BCUT2D eigenvalue weighted by Gasteiger charge is 2.39. The lowest BCUT2D eigenvalue weighted by Crippen LogP contribution is -2.60. The molecule has 1 amide bonds. The number of nitrogens with zero attached hydrogens (tertiary/aromatic N) is 4. The van der Waals surface area contributed by atoms with Crippen LogP contribution in [0, 0.1) is 11.6 Å². The summed E-state index contributed by atoms with van der Waals surface area (Å²) < 4.78 is 33.6. The van der Waals surface area contributed by atoms with Crippen molar-refractivity contribution in [1.29, 1.82) is 0 Å². The van der Waals surface area contributed by atoms with Crippen molar-refractivity contribution in [2.45, 2.75) is 31.7 Å². The maximum Gasteiger partial charge on any atom is 0.352 e. The normalized spacial score (nSPS) is 22.3. The van der Waals surface area contributed by atoms with Gasteiger partial charge in [0.05, 0.1) is 18.6 Å². The predicted molar refractivity (Wildman–Crippen MR) is 103 cm³/mol. The lowest BCUT2D eigenvalue weighted by Gasteiger charge is -2.41. The molecule has 1 aromatic heterocycles. The summed E-state index contributed by atoms with van der Waals surface area (Å²) >= 11 is 0. The summed E-state index contributed by atoms with van der Waals surface area (Å²) in [7, 11) is 0. The molecule has 2 fully saturated rings. The van der Waals surface area contributed by atoms with Gasteiger partial charge in [-0.1, -0.05) is 6.07 Å². The summed E-state index contributed by atoms with van der Waals surface area (Å²) in [4.78, 5) is 33.0. The number of fused-ring (bicyclic) bond motifs is 3. The number of hydrogen-bond donors (Lipinski definition) is 1. The van der Waals surface area contributed by atoms with Crippen molar-refractivity contribution >= 4 is 11.7 Å². The highest BCUT2D eigenvalue weighted by molar-refractivity contribution is 5.83. The molecule has 3 aliphatic rings. The van der Waals surface area contributed by atoms with Gasteiger partial charge in [-0.05, 0) is 30.7 Å². The van der Waals surface area contributed by atoms with Crippen molar-refractivity contribution in [3.8, 4) is 5.88 Å². The van der Waals surface area contributed by atoms with Gasteiger partial charge in [0.25, 0.3) is 0 Å². The van der Waals surface area contributed by atoms with E-state index < -0.39 is 17.3 Å². The number of benzene rings is 1. The van der Waals surface area contributed by atoms with Gasteiger partial charge in [-0.3, -0.25) is 9.36 Å². The van der Waals surface area contributed by atoms with Crippen molar-refractivity contribution in [2.24, 2.45) is 0 Å². The first-order chi connectivity index (χ1) is 14.5. The first kappa shape index (κ1) is 19.0. The fourth-order valence-electron chi connectivity index (χ4n) is 4.19. The minimum absolute atomic E-state index is 0.0127. The van der Waals surface area contributed by atoms with Crippen LogP contribution in [0.3, 0.4) is 0 Å². The molecule has 0 radical (unpaired) electrons. The van der Waals surface area contributed by atoms with Gasteiger partial charge >= 0.3 is 5.69 Å². The second-order valence-corrected chi connectivity index (χ2v) is 7.81. The smallest absolute Gasteiger partial charge is 0.352 e. The number of nitrogens with one attached hydrogen (secondary N) is 1. The minimum Gasteiger partial charge on any atom is -0.473 e. The van der Waals surface area contributed by atoms with Crippen molar-refractivity contribution in [3.05, 3.63) is 51.9 Å². The highest BCUT2D eigenvalue weighted by Crippen LogP contribution is 2.29. The van der Waals surface area contributed by atoms with Gasteiger partial charge < -0.3 is 19.9 Å². The molecule has 158 valence electrons. The van der Waals surface area contributed by atoms with Crippen LogP contribution in [0.1, 0.15) is 12.0 Å². The Morgan fingerprint density at radius 3 is 2.77 bits per heavy atom. The van der Waals surface area contributed by atoms with E-state index >= 15 is 0 Å². The number of hydrogen-bond acceptors (Lipinski definition) is 6. The molecule has 0 saturated carbocycles. The second-order valence-electron chi connectivity index (χ2n) is 7.81. The average molecular weight is 417 g/mol. The Balaban J connectivity index is 1.30. The van der Waals surface area contributed by atoms with Crippen LogP contribution in [0.5, 0.6) is 5.88 Å². The molecule has 0 spiro atoms. The molecule has 5 rings (SSSR count). The lowest BCUT2D eigenvalue weighted by atomic mass is 10.0. The predicted octanol–water partition coefficient (Wildman–Crippen LogP) is 0.493. The zero-order valence-corrected chi connectivity index (χ0v) is 16.2. The zero-order valence-electron chi connectivity index (χ0n) is 16.2. The van der Waals surface area contributed by atoms with E-state index in [0.717, 1.165) is 25.1 Å². The first-order valence-electron chi connectivity index (χ1n) is 9.97. The molecule has 1 aromatic carbocycles. The third-order valence-electron chi connectivity index (χ3n) is 5.94. The first-order valence-corrected chi connectivity index (χ1v) is 9.97. The van der Waals surface area contributed by atoms with Crippen LogP contribution in [0.2, 0.25) is 0 Å². The lowest BCUT2D eigenvalue weighted by molar-refractivity contribution is -0.136. The zero-order chi connectivity index (χ0) is 20.8. The van der Waals surface area contributed by atoms with Gasteiger partial charge in [0.2, 0.25) is 11.8 Å². The summed E-state index contributed by atoms with van der Waals surface area (Å²) in [6, 6.07) is 5.12. The molecular formula is C20H21F2N5O3. The topological polar surface area (TPSA) is 79.7 Å². The van der Waals surface area contributed by atoms with Crippen LogP contribution in [0.4, 0.5) is 14.6 Å². The largest absolute Gasteiger partial charge is 0.473 e. The number of carbonyl (C=O) groups excluding carboxylic acids is 1. The van der Waals surface area contributed by atoms with Crippen LogP contribution in [0.25, 0.3) is 0 Å². The van der Waals surface area contributed by atoms with E-state index in [4.69, 9.17) is 4.74 Å². The SMILES string of the molecule is O=C([C@@H]1CCN1)N1CCN2c3cc(OCc4ccc(F)c(F)c4)nc(=O)n3CC2C1. The van der Waals surface area contributed by atoms with Crippen LogP contribution >= 0.6 is 0 Å². The molecule has 2 atom stereocenters. The Morgan fingerprint density at radius 2 is 2.03 bits per heavy atom. The maximum atomic E-state index is 13.4. The number of amides is 1. The molecule has 0 aliphatic carbocycles. The molecule has 4 heterocycles. The van der Waals surface area contributed by atoms with Crippen LogP contribution in [-0.4, -0.2) is 58.6 Å². The molecule has 2 aromatic rings. The molecule has 8 nitrogen and oxygen atoms in total. The second kappa shape index (κ2) is 7.35. The number of anilines is 1. The Morgan fingerprint density at radius 1 is 1.20 bits per heavy atom. The van der Waals surface area contributed by atoms with Crippen LogP contribution in [0.15, 0.2) is 29.1 Å². The number of carbonyl (C=O) groups is 1. The fraction of sp³-hybridized carbons (Fsp3) is 0.450. The Labute approximate surface area is 171 Å². The third kappa shape index (κ3) is 3.30. The number of aromatic nitrogens is 2. The van der Waals surface area contributed by atoms with E-state index in [-0.39, 0.29) is 30.5 Å². The number of halogens is 2. The number of piperazine rings is 1. The minimum atomic E-state index is -0.953. The summed E-state index contributed by atoms with van der Waals surface area (Å²) in [6.07, 6.45) is 0.867. The van der Waals surface area contributed by atoms with Gasteiger partial charge in [0.1, 0.15) is 12.4 Å². The van der Waals surface area contributed by atoms with Crippen LogP contribution < -0.4 is 20.6 Å². The molecule has 2 saturated heterocycles. The molecule has 0 bridgehead atoms. The van der Waals surface area contributed by atoms with E-state index in [9.17, 15) is 18.4 Å². The Hall–Kier alpha value is -3.01. The highest BCUT2D eigenvalue weighted by atomic mass is 19.2. The van der Waals surface area contributed by atoms with E-state index in [1.54, 1.807) is 10.6 Å². The molecular weight excluding hydrogens is 396 g/mol. The van der Waals surface area contributed by atoms with E-state index in [0.29, 0.717) is 37.6 Å². The van der Waals surface area contributed by atoms with Gasteiger partial charge in [-0.2, -0.15) is 4.98 Å². The van der Waals surface area contributed by atoms with Crippen molar-refractivity contribution in [3.63, 3.8) is 0 Å². The van der Waals surface area contributed by atoms with E-state index in [2.05, 4.69) is 15.2 Å². The average Bonchev–Trinajstić information content (AvgIpc) is 3.06. The van der Waals surface area contributed by atoms with E-state index in [1.165, 1.54) is 6.07 Å². The Kier molecular flexibility index (Phi) is 4.65.